The van der Waals surface area contributed by atoms with Gasteiger partial charge in [-0.15, -0.1) is 0 Å². The van der Waals surface area contributed by atoms with Crippen LogP contribution in [0.1, 0.15) is 29.7 Å². The number of fused-ring (bicyclic) bond motifs is 1. The summed E-state index contributed by atoms with van der Waals surface area (Å²) in [5.41, 5.74) is 0.881. The SMILES string of the molecule is C[C@@H](NC/C=C/C#Cc1cccc(C(F)(F)F)c1)c1cccc2ccccc12. The van der Waals surface area contributed by atoms with Crippen molar-refractivity contribution in [2.75, 3.05) is 6.54 Å². The Bertz CT molecular complexity index is 1030. The third-order valence-electron chi connectivity index (χ3n) is 4.44. The summed E-state index contributed by atoms with van der Waals surface area (Å²) in [7, 11) is 0. The number of allylic oxidation sites excluding steroid dienone is 1. The number of hydrogen-bond donors (Lipinski definition) is 1. The Balaban J connectivity index is 1.59. The van der Waals surface area contributed by atoms with E-state index in [1.165, 1.54) is 22.4 Å². The molecule has 0 radical (unpaired) electrons. The molecule has 0 aliphatic rings. The molecular weight excluding hydrogens is 359 g/mol. The van der Waals surface area contributed by atoms with E-state index >= 15 is 0 Å². The second-order valence-corrected chi connectivity index (χ2v) is 6.45. The van der Waals surface area contributed by atoms with Crippen molar-refractivity contribution in [1.29, 1.82) is 0 Å². The van der Waals surface area contributed by atoms with Crippen molar-refractivity contribution in [3.05, 3.63) is 95.6 Å². The van der Waals surface area contributed by atoms with Gasteiger partial charge in [-0.3, -0.25) is 0 Å². The number of rotatable bonds is 4. The molecule has 0 aliphatic carbocycles. The molecule has 0 bridgehead atoms. The minimum atomic E-state index is -4.35. The van der Waals surface area contributed by atoms with E-state index in [4.69, 9.17) is 0 Å². The van der Waals surface area contributed by atoms with Crippen molar-refractivity contribution in [2.45, 2.75) is 19.1 Å². The summed E-state index contributed by atoms with van der Waals surface area (Å²) in [5.74, 6) is 5.52. The van der Waals surface area contributed by atoms with Crippen LogP contribution >= 0.6 is 0 Å². The van der Waals surface area contributed by atoms with Crippen LogP contribution in [-0.4, -0.2) is 6.54 Å². The van der Waals surface area contributed by atoms with Gasteiger partial charge in [-0.1, -0.05) is 66.4 Å². The van der Waals surface area contributed by atoms with Gasteiger partial charge >= 0.3 is 6.18 Å². The second-order valence-electron chi connectivity index (χ2n) is 6.45. The first kappa shape index (κ1) is 19.7. The van der Waals surface area contributed by atoms with E-state index in [1.54, 1.807) is 12.1 Å². The van der Waals surface area contributed by atoms with Gasteiger partial charge in [0, 0.05) is 18.2 Å². The summed E-state index contributed by atoms with van der Waals surface area (Å²) in [5, 5.41) is 5.84. The van der Waals surface area contributed by atoms with Crippen LogP contribution < -0.4 is 5.32 Å². The van der Waals surface area contributed by atoms with Gasteiger partial charge in [-0.05, 0) is 47.5 Å². The number of benzene rings is 3. The highest BCUT2D eigenvalue weighted by molar-refractivity contribution is 5.86. The maximum absolute atomic E-state index is 12.7. The lowest BCUT2D eigenvalue weighted by atomic mass is 10.00. The first-order valence-corrected chi connectivity index (χ1v) is 9.00. The quantitative estimate of drug-likeness (QED) is 0.539. The Morgan fingerprint density at radius 3 is 2.57 bits per heavy atom. The molecule has 1 atom stereocenters. The van der Waals surface area contributed by atoms with E-state index in [0.29, 0.717) is 12.1 Å². The van der Waals surface area contributed by atoms with Gasteiger partial charge in [0.05, 0.1) is 5.56 Å². The van der Waals surface area contributed by atoms with Crippen LogP contribution in [0.15, 0.2) is 78.9 Å². The number of nitrogens with one attached hydrogen (secondary N) is 1. The fraction of sp³-hybridized carbons (Fsp3) is 0.167. The molecular formula is C24H20F3N. The summed E-state index contributed by atoms with van der Waals surface area (Å²) in [6.45, 7) is 2.71. The molecule has 3 aromatic carbocycles. The standard InChI is InChI=1S/C24H20F3N/c1-18(22-15-8-12-20-11-4-5-14-23(20)22)28-16-6-2-3-9-19-10-7-13-21(17-19)24(25,26)27/h2,4-8,10-15,17-18,28H,16H2,1H3/b6-2+/t18-/m1/s1. The molecule has 0 heterocycles. The van der Waals surface area contributed by atoms with Gasteiger partial charge < -0.3 is 5.32 Å². The molecule has 142 valence electrons. The molecule has 0 unspecified atom stereocenters. The molecule has 0 amide bonds. The van der Waals surface area contributed by atoms with E-state index in [0.717, 1.165) is 12.1 Å². The largest absolute Gasteiger partial charge is 0.416 e. The molecule has 0 saturated heterocycles. The van der Waals surface area contributed by atoms with Gasteiger partial charge in [0.25, 0.3) is 0 Å². The minimum Gasteiger partial charge on any atom is -0.307 e. The summed E-state index contributed by atoms with van der Waals surface area (Å²) < 4.78 is 38.1. The Hall–Kier alpha value is -3.03. The van der Waals surface area contributed by atoms with E-state index in [1.807, 2.05) is 24.3 Å². The molecule has 0 saturated carbocycles. The monoisotopic (exact) mass is 379 g/mol. The zero-order valence-corrected chi connectivity index (χ0v) is 15.4. The van der Waals surface area contributed by atoms with Crippen molar-refractivity contribution in [3.8, 4) is 11.8 Å². The summed E-state index contributed by atoms with van der Waals surface area (Å²) >= 11 is 0. The fourth-order valence-electron chi connectivity index (χ4n) is 3.00. The van der Waals surface area contributed by atoms with E-state index < -0.39 is 11.7 Å². The van der Waals surface area contributed by atoms with Gasteiger partial charge in [-0.25, -0.2) is 0 Å². The lowest BCUT2D eigenvalue weighted by Gasteiger charge is -2.15. The smallest absolute Gasteiger partial charge is 0.307 e. The molecule has 3 aromatic rings. The Morgan fingerprint density at radius 1 is 1.00 bits per heavy atom. The zero-order valence-electron chi connectivity index (χ0n) is 15.4. The van der Waals surface area contributed by atoms with E-state index in [2.05, 4.69) is 48.3 Å². The summed E-state index contributed by atoms with van der Waals surface area (Å²) in [6.07, 6.45) is -0.833. The second kappa shape index (κ2) is 8.77. The van der Waals surface area contributed by atoms with Crippen LogP contribution in [0.3, 0.4) is 0 Å². The van der Waals surface area contributed by atoms with Gasteiger partial charge in [0.15, 0.2) is 0 Å². The molecule has 0 spiro atoms. The first-order valence-electron chi connectivity index (χ1n) is 9.00. The zero-order chi connectivity index (χ0) is 20.0. The molecule has 3 rings (SSSR count). The lowest BCUT2D eigenvalue weighted by molar-refractivity contribution is -0.137. The topological polar surface area (TPSA) is 12.0 Å². The number of hydrogen-bond acceptors (Lipinski definition) is 1. The predicted octanol–water partition coefficient (Wildman–Crippen LogP) is 6.12. The molecule has 28 heavy (non-hydrogen) atoms. The Morgan fingerprint density at radius 2 is 1.75 bits per heavy atom. The maximum Gasteiger partial charge on any atom is 0.416 e. The van der Waals surface area contributed by atoms with Gasteiger partial charge in [-0.2, -0.15) is 13.2 Å². The third kappa shape index (κ3) is 5.03. The highest BCUT2D eigenvalue weighted by atomic mass is 19.4. The first-order chi connectivity index (χ1) is 13.4. The highest BCUT2D eigenvalue weighted by Gasteiger charge is 2.30. The van der Waals surface area contributed by atoms with Crippen molar-refractivity contribution >= 4 is 10.8 Å². The van der Waals surface area contributed by atoms with Gasteiger partial charge in [0.2, 0.25) is 0 Å². The Labute approximate surface area is 162 Å². The average molecular weight is 379 g/mol. The third-order valence-corrected chi connectivity index (χ3v) is 4.44. The molecule has 0 aromatic heterocycles. The van der Waals surface area contributed by atoms with Crippen LogP contribution in [-0.2, 0) is 6.18 Å². The molecule has 4 heteroatoms. The van der Waals surface area contributed by atoms with Crippen LogP contribution in [0.5, 0.6) is 0 Å². The number of alkyl halides is 3. The van der Waals surface area contributed by atoms with E-state index in [9.17, 15) is 13.2 Å². The van der Waals surface area contributed by atoms with Crippen molar-refractivity contribution < 1.29 is 13.2 Å². The van der Waals surface area contributed by atoms with Crippen molar-refractivity contribution in [3.63, 3.8) is 0 Å². The van der Waals surface area contributed by atoms with Crippen molar-refractivity contribution in [1.82, 2.24) is 5.32 Å². The van der Waals surface area contributed by atoms with Crippen LogP contribution in [0.2, 0.25) is 0 Å². The van der Waals surface area contributed by atoms with Gasteiger partial charge in [0.1, 0.15) is 0 Å². The maximum atomic E-state index is 12.7. The average Bonchev–Trinajstić information content (AvgIpc) is 2.69. The molecule has 1 nitrogen and oxygen atoms in total. The molecule has 0 fully saturated rings. The summed E-state index contributed by atoms with van der Waals surface area (Å²) in [6, 6.07) is 19.7. The predicted molar refractivity (Wildman–Crippen MR) is 108 cm³/mol. The number of halogens is 3. The van der Waals surface area contributed by atoms with Crippen molar-refractivity contribution in [2.24, 2.45) is 0 Å². The summed E-state index contributed by atoms with van der Waals surface area (Å²) in [4.78, 5) is 0. The van der Waals surface area contributed by atoms with Crippen LogP contribution in [0.25, 0.3) is 10.8 Å². The fourth-order valence-corrected chi connectivity index (χ4v) is 3.00. The molecule has 1 N–H and O–H groups in total. The minimum absolute atomic E-state index is 0.159. The highest BCUT2D eigenvalue weighted by Crippen LogP contribution is 2.29. The Kier molecular flexibility index (Phi) is 6.18. The molecule has 0 aliphatic heterocycles. The normalized spacial score (nSPS) is 12.7. The van der Waals surface area contributed by atoms with E-state index in [-0.39, 0.29) is 6.04 Å². The lowest BCUT2D eigenvalue weighted by Crippen LogP contribution is -2.18. The van der Waals surface area contributed by atoms with Crippen LogP contribution in [0.4, 0.5) is 13.2 Å². The van der Waals surface area contributed by atoms with Crippen LogP contribution in [0, 0.1) is 11.8 Å².